The predicted molar refractivity (Wildman–Crippen MR) is 79.8 cm³/mol. The highest BCUT2D eigenvalue weighted by Crippen LogP contribution is 2.19. The van der Waals surface area contributed by atoms with Crippen molar-refractivity contribution in [2.75, 3.05) is 20.6 Å². The van der Waals surface area contributed by atoms with Crippen LogP contribution in [0.15, 0.2) is 16.3 Å². The van der Waals surface area contributed by atoms with Gasteiger partial charge in [-0.3, -0.25) is 0 Å². The maximum Gasteiger partial charge on any atom is 0.299 e. The smallest absolute Gasteiger partial charge is 0.299 e. The molecule has 0 N–H and O–H groups in total. The molecule has 0 atom stereocenters. The number of thiazole rings is 1. The molecule has 1 heterocycles. The molecular formula is C10H15ClN6O2S. The van der Waals surface area contributed by atoms with Crippen LogP contribution in [0.3, 0.4) is 0 Å². The lowest BCUT2D eigenvalue weighted by Crippen LogP contribution is -2.30. The second kappa shape index (κ2) is 7.75. The van der Waals surface area contributed by atoms with Gasteiger partial charge in [0.25, 0.3) is 5.96 Å². The fourth-order valence-electron chi connectivity index (χ4n) is 1.28. The zero-order valence-corrected chi connectivity index (χ0v) is 12.9. The standard InChI is InChI=1S/C10H15ClN6O2S/c1-4-16(6-8-5-12-9(11)20-8)10(14-17(18)19)13-7-15(2)3/h5,7H,4,6H2,1-3H3/b13-7?,14-10+. The molecule has 0 aromatic carbocycles. The summed E-state index contributed by atoms with van der Waals surface area (Å²) in [6, 6.07) is 0. The Morgan fingerprint density at radius 2 is 2.35 bits per heavy atom. The lowest BCUT2D eigenvalue weighted by Gasteiger charge is -2.18. The Kier molecular flexibility index (Phi) is 6.32. The van der Waals surface area contributed by atoms with Crippen molar-refractivity contribution in [2.24, 2.45) is 10.1 Å². The van der Waals surface area contributed by atoms with Gasteiger partial charge in [0.1, 0.15) is 5.10 Å². The van der Waals surface area contributed by atoms with E-state index in [0.717, 1.165) is 4.88 Å². The summed E-state index contributed by atoms with van der Waals surface area (Å²) in [5, 5.41) is 13.2. The Hall–Kier alpha value is -1.74. The second-order valence-electron chi connectivity index (χ2n) is 3.94. The fourth-order valence-corrected chi connectivity index (χ4v) is 2.27. The fraction of sp³-hybridized carbons (Fsp3) is 0.500. The molecule has 20 heavy (non-hydrogen) atoms. The molecule has 0 amide bonds. The molecule has 1 rings (SSSR count). The predicted octanol–water partition coefficient (Wildman–Crippen LogP) is 1.76. The summed E-state index contributed by atoms with van der Waals surface area (Å²) in [5.41, 5.74) is 0. The number of hydrogen-bond acceptors (Lipinski definition) is 4. The van der Waals surface area contributed by atoms with E-state index in [4.69, 9.17) is 11.6 Å². The molecule has 10 heteroatoms. The lowest BCUT2D eigenvalue weighted by molar-refractivity contribution is -0.485. The van der Waals surface area contributed by atoms with Crippen molar-refractivity contribution in [3.63, 3.8) is 0 Å². The molecule has 0 aliphatic rings. The zero-order chi connectivity index (χ0) is 15.1. The number of aliphatic imine (C=N–C) groups is 1. The van der Waals surface area contributed by atoms with Crippen LogP contribution >= 0.6 is 22.9 Å². The number of rotatable bonds is 5. The molecule has 0 saturated heterocycles. The Balaban J connectivity index is 2.93. The summed E-state index contributed by atoms with van der Waals surface area (Å²) >= 11 is 7.09. The van der Waals surface area contributed by atoms with Gasteiger partial charge in [0, 0.05) is 31.7 Å². The molecule has 1 aromatic heterocycles. The van der Waals surface area contributed by atoms with Gasteiger partial charge in [-0.1, -0.05) is 11.6 Å². The van der Waals surface area contributed by atoms with Crippen LogP contribution in [0.5, 0.6) is 0 Å². The van der Waals surface area contributed by atoms with Gasteiger partial charge in [-0.15, -0.1) is 11.3 Å². The molecule has 0 saturated carbocycles. The van der Waals surface area contributed by atoms with Crippen molar-refractivity contribution in [3.05, 3.63) is 25.7 Å². The largest absolute Gasteiger partial charge is 0.369 e. The van der Waals surface area contributed by atoms with Gasteiger partial charge in [-0.25, -0.2) is 15.1 Å². The quantitative estimate of drug-likeness (QED) is 0.357. The number of nitrogens with zero attached hydrogens (tertiary/aromatic N) is 6. The summed E-state index contributed by atoms with van der Waals surface area (Å²) in [7, 11) is 3.54. The number of aromatic nitrogens is 1. The third kappa shape index (κ3) is 5.49. The van der Waals surface area contributed by atoms with Crippen molar-refractivity contribution in [1.82, 2.24) is 14.8 Å². The molecule has 0 radical (unpaired) electrons. The van der Waals surface area contributed by atoms with Crippen LogP contribution in [0.2, 0.25) is 4.47 Å². The monoisotopic (exact) mass is 318 g/mol. The maximum absolute atomic E-state index is 10.6. The van der Waals surface area contributed by atoms with E-state index in [1.807, 2.05) is 6.92 Å². The number of nitro groups is 1. The van der Waals surface area contributed by atoms with Gasteiger partial charge in [0.05, 0.1) is 12.9 Å². The van der Waals surface area contributed by atoms with Gasteiger partial charge >= 0.3 is 0 Å². The van der Waals surface area contributed by atoms with E-state index in [1.165, 1.54) is 17.7 Å². The average Bonchev–Trinajstić information content (AvgIpc) is 2.76. The van der Waals surface area contributed by atoms with E-state index >= 15 is 0 Å². The van der Waals surface area contributed by atoms with Crippen molar-refractivity contribution in [3.8, 4) is 0 Å². The minimum atomic E-state index is -0.759. The molecule has 8 nitrogen and oxygen atoms in total. The SMILES string of the molecule is CCN(Cc1cnc(Cl)s1)/C(N=CN(C)C)=N/[N+](=O)[O-]. The van der Waals surface area contributed by atoms with Gasteiger partial charge in [0.2, 0.25) is 0 Å². The van der Waals surface area contributed by atoms with E-state index in [1.54, 1.807) is 30.1 Å². The molecule has 0 spiro atoms. The Bertz CT molecular complexity index is 516. The molecule has 0 aliphatic carbocycles. The van der Waals surface area contributed by atoms with Gasteiger partial charge in [0.15, 0.2) is 9.50 Å². The highest BCUT2D eigenvalue weighted by Gasteiger charge is 2.15. The van der Waals surface area contributed by atoms with E-state index in [0.29, 0.717) is 17.6 Å². The van der Waals surface area contributed by atoms with Crippen LogP contribution in [0, 0.1) is 10.1 Å². The van der Waals surface area contributed by atoms with Crippen LogP contribution in [0.1, 0.15) is 11.8 Å². The van der Waals surface area contributed by atoms with Crippen molar-refractivity contribution in [2.45, 2.75) is 13.5 Å². The van der Waals surface area contributed by atoms with Gasteiger partial charge < -0.3 is 9.80 Å². The summed E-state index contributed by atoms with van der Waals surface area (Å²) in [6.07, 6.45) is 3.10. The van der Waals surface area contributed by atoms with Gasteiger partial charge in [-0.2, -0.15) is 4.99 Å². The molecule has 1 aromatic rings. The van der Waals surface area contributed by atoms with Gasteiger partial charge in [-0.05, 0) is 6.92 Å². The van der Waals surface area contributed by atoms with Crippen LogP contribution in [-0.4, -0.2) is 52.8 Å². The summed E-state index contributed by atoms with van der Waals surface area (Å²) in [4.78, 5) is 22.8. The number of hydrazone groups is 1. The first-order valence-electron chi connectivity index (χ1n) is 5.71. The van der Waals surface area contributed by atoms with E-state index < -0.39 is 5.03 Å². The molecule has 0 unspecified atom stereocenters. The Labute approximate surface area is 125 Å². The first-order valence-corrected chi connectivity index (χ1v) is 6.90. The van der Waals surface area contributed by atoms with Crippen molar-refractivity contribution < 1.29 is 5.03 Å². The highest BCUT2D eigenvalue weighted by atomic mass is 35.5. The normalized spacial score (nSPS) is 11.9. The molecule has 0 aliphatic heterocycles. The van der Waals surface area contributed by atoms with Crippen molar-refractivity contribution in [1.29, 1.82) is 0 Å². The molecular weight excluding hydrogens is 304 g/mol. The summed E-state index contributed by atoms with van der Waals surface area (Å²) < 4.78 is 0.431. The third-order valence-corrected chi connectivity index (χ3v) is 3.21. The minimum absolute atomic E-state index is 0.0377. The molecule has 0 bridgehead atoms. The highest BCUT2D eigenvalue weighted by molar-refractivity contribution is 7.15. The van der Waals surface area contributed by atoms with Crippen LogP contribution in [0.4, 0.5) is 0 Å². The average molecular weight is 319 g/mol. The van der Waals surface area contributed by atoms with Crippen molar-refractivity contribution >= 4 is 35.2 Å². The maximum atomic E-state index is 10.6. The Morgan fingerprint density at radius 3 is 2.80 bits per heavy atom. The molecule has 110 valence electrons. The third-order valence-electron chi connectivity index (χ3n) is 2.11. The summed E-state index contributed by atoms with van der Waals surface area (Å²) in [5.74, 6) is 0.0377. The number of guanidine groups is 1. The van der Waals surface area contributed by atoms with E-state index in [-0.39, 0.29) is 5.96 Å². The van der Waals surface area contributed by atoms with E-state index in [9.17, 15) is 10.1 Å². The zero-order valence-electron chi connectivity index (χ0n) is 11.4. The first kappa shape index (κ1) is 16.3. The topological polar surface area (TPSA) is 87.2 Å². The number of halogens is 1. The minimum Gasteiger partial charge on any atom is -0.369 e. The van der Waals surface area contributed by atoms with Crippen LogP contribution in [0.25, 0.3) is 0 Å². The lowest BCUT2D eigenvalue weighted by atomic mass is 10.4. The second-order valence-corrected chi connectivity index (χ2v) is 5.64. The molecule has 0 fully saturated rings. The Morgan fingerprint density at radius 1 is 1.65 bits per heavy atom. The summed E-state index contributed by atoms with van der Waals surface area (Å²) in [6.45, 7) is 2.80. The van der Waals surface area contributed by atoms with Crippen LogP contribution < -0.4 is 0 Å². The first-order chi connectivity index (χ1) is 9.42. The van der Waals surface area contributed by atoms with Crippen LogP contribution in [-0.2, 0) is 6.54 Å². The van der Waals surface area contributed by atoms with E-state index in [2.05, 4.69) is 15.1 Å². The number of hydrogen-bond donors (Lipinski definition) is 0.